The molecule has 0 fully saturated rings. The van der Waals surface area contributed by atoms with Crippen LogP contribution < -0.4 is 0 Å². The molecule has 0 rings (SSSR count). The van der Waals surface area contributed by atoms with E-state index in [-0.39, 0.29) is 18.5 Å². The summed E-state index contributed by atoms with van der Waals surface area (Å²) in [7, 11) is 0. The van der Waals surface area contributed by atoms with Crippen LogP contribution in [0.3, 0.4) is 0 Å². The zero-order valence-corrected chi connectivity index (χ0v) is 36.8. The Morgan fingerprint density at radius 3 is 1.19 bits per heavy atom. The summed E-state index contributed by atoms with van der Waals surface area (Å²) < 4.78 is 17.3. The van der Waals surface area contributed by atoms with E-state index in [9.17, 15) is 9.59 Å². The van der Waals surface area contributed by atoms with E-state index in [1.807, 2.05) is 0 Å². The van der Waals surface area contributed by atoms with Crippen LogP contribution in [-0.2, 0) is 23.8 Å². The van der Waals surface area contributed by atoms with Gasteiger partial charge in [-0.25, -0.2) is 0 Å². The maximum Gasteiger partial charge on any atom is 0.306 e. The molecule has 0 saturated carbocycles. The summed E-state index contributed by atoms with van der Waals surface area (Å²) in [4.78, 5) is 25.2. The SMILES string of the molecule is CCCC/C=C\CCCCCCCC(=O)O[C@H](COCCCCCCCCCCCCCCCCCC)COC(=O)CCCCCCCCCCCCC. The van der Waals surface area contributed by atoms with Crippen molar-refractivity contribution < 1.29 is 23.8 Å². The fourth-order valence-corrected chi connectivity index (χ4v) is 7.14. The van der Waals surface area contributed by atoms with Gasteiger partial charge in [0.2, 0.25) is 0 Å². The third-order valence-corrected chi connectivity index (χ3v) is 10.8. The topological polar surface area (TPSA) is 61.8 Å². The van der Waals surface area contributed by atoms with Crippen molar-refractivity contribution in [1.82, 2.24) is 0 Å². The predicted octanol–water partition coefficient (Wildman–Crippen LogP) is 15.9. The largest absolute Gasteiger partial charge is 0.462 e. The molecule has 0 aliphatic rings. The third kappa shape index (κ3) is 43.4. The molecule has 0 N–H and O–H groups in total. The van der Waals surface area contributed by atoms with E-state index in [2.05, 4.69) is 32.9 Å². The van der Waals surface area contributed by atoms with E-state index in [4.69, 9.17) is 14.2 Å². The van der Waals surface area contributed by atoms with Gasteiger partial charge in [0.25, 0.3) is 0 Å². The number of hydrogen-bond donors (Lipinski definition) is 0. The van der Waals surface area contributed by atoms with Crippen LogP contribution in [0.4, 0.5) is 0 Å². The van der Waals surface area contributed by atoms with Gasteiger partial charge in [-0.1, -0.05) is 226 Å². The number of hydrogen-bond acceptors (Lipinski definition) is 5. The molecule has 0 aliphatic carbocycles. The highest BCUT2D eigenvalue weighted by Crippen LogP contribution is 2.15. The molecule has 0 aromatic heterocycles. The molecular formula is C49H94O5. The molecule has 320 valence electrons. The number of esters is 2. The van der Waals surface area contributed by atoms with E-state index < -0.39 is 6.10 Å². The zero-order valence-electron chi connectivity index (χ0n) is 36.8. The van der Waals surface area contributed by atoms with Gasteiger partial charge in [0.05, 0.1) is 6.61 Å². The van der Waals surface area contributed by atoms with Gasteiger partial charge >= 0.3 is 11.9 Å². The van der Waals surface area contributed by atoms with Gasteiger partial charge in [0.15, 0.2) is 6.10 Å². The Hall–Kier alpha value is -1.36. The van der Waals surface area contributed by atoms with Crippen molar-refractivity contribution >= 4 is 11.9 Å². The number of rotatable bonds is 45. The molecule has 5 heteroatoms. The molecule has 54 heavy (non-hydrogen) atoms. The van der Waals surface area contributed by atoms with Crippen LogP contribution in [0.2, 0.25) is 0 Å². The molecule has 0 unspecified atom stereocenters. The van der Waals surface area contributed by atoms with Crippen LogP contribution in [-0.4, -0.2) is 37.9 Å². The number of carbonyl (C=O) groups excluding carboxylic acids is 2. The predicted molar refractivity (Wildman–Crippen MR) is 233 cm³/mol. The summed E-state index contributed by atoms with van der Waals surface area (Å²) in [5, 5.41) is 0. The lowest BCUT2D eigenvalue weighted by molar-refractivity contribution is -0.163. The van der Waals surface area contributed by atoms with Crippen LogP contribution >= 0.6 is 0 Å². The number of carbonyl (C=O) groups is 2. The van der Waals surface area contributed by atoms with Gasteiger partial charge in [-0.2, -0.15) is 0 Å². The zero-order chi connectivity index (χ0) is 39.3. The monoisotopic (exact) mass is 763 g/mol. The summed E-state index contributed by atoms with van der Waals surface area (Å²) in [6, 6.07) is 0. The minimum Gasteiger partial charge on any atom is -0.462 e. The first-order chi connectivity index (χ1) is 26.6. The van der Waals surface area contributed by atoms with Crippen molar-refractivity contribution in [3.63, 3.8) is 0 Å². The smallest absolute Gasteiger partial charge is 0.306 e. The quantitative estimate of drug-likeness (QED) is 0.0351. The van der Waals surface area contributed by atoms with Gasteiger partial charge in [0.1, 0.15) is 6.61 Å². The highest BCUT2D eigenvalue weighted by atomic mass is 16.6. The van der Waals surface area contributed by atoms with Crippen molar-refractivity contribution in [3.05, 3.63) is 12.2 Å². The normalized spacial score (nSPS) is 12.1. The molecule has 0 saturated heterocycles. The summed E-state index contributed by atoms with van der Waals surface area (Å²) in [6.07, 6.45) is 50.7. The van der Waals surface area contributed by atoms with E-state index in [0.717, 1.165) is 44.9 Å². The Labute approximate surface area is 337 Å². The summed E-state index contributed by atoms with van der Waals surface area (Å²) in [6.45, 7) is 7.83. The Balaban J connectivity index is 4.18. The van der Waals surface area contributed by atoms with Gasteiger partial charge in [-0.05, 0) is 38.5 Å². The average Bonchev–Trinajstić information content (AvgIpc) is 3.17. The van der Waals surface area contributed by atoms with Crippen molar-refractivity contribution in [3.8, 4) is 0 Å². The first kappa shape index (κ1) is 52.6. The first-order valence-corrected chi connectivity index (χ1v) is 24.2. The molecule has 0 heterocycles. The lowest BCUT2D eigenvalue weighted by atomic mass is 10.0. The molecule has 0 bridgehead atoms. The summed E-state index contributed by atoms with van der Waals surface area (Å²) in [5.41, 5.74) is 0. The third-order valence-electron chi connectivity index (χ3n) is 10.8. The standard InChI is InChI=1S/C49H94O5/c1-4-7-10-13-16-19-22-23-24-25-26-29-32-35-38-41-44-52-45-47(54-49(51)43-40-37-34-31-28-21-18-15-12-9-6-3)46-53-48(50)42-39-36-33-30-27-20-17-14-11-8-5-2/h15,18,47H,4-14,16-17,19-46H2,1-3H3/b18-15-/t47-/m1/s1. The van der Waals surface area contributed by atoms with Crippen LogP contribution in [0.1, 0.15) is 265 Å². The van der Waals surface area contributed by atoms with Gasteiger partial charge in [0, 0.05) is 19.4 Å². The minimum atomic E-state index is -0.528. The Morgan fingerprint density at radius 2 is 0.741 bits per heavy atom. The van der Waals surface area contributed by atoms with E-state index in [1.165, 1.54) is 186 Å². The first-order valence-electron chi connectivity index (χ1n) is 24.2. The molecule has 0 amide bonds. The van der Waals surface area contributed by atoms with Crippen molar-refractivity contribution in [1.29, 1.82) is 0 Å². The number of unbranched alkanes of at least 4 members (excludes halogenated alkanes) is 32. The van der Waals surface area contributed by atoms with E-state index >= 15 is 0 Å². The van der Waals surface area contributed by atoms with Crippen molar-refractivity contribution in [2.75, 3.05) is 19.8 Å². The molecule has 5 nitrogen and oxygen atoms in total. The second kappa shape index (κ2) is 46.0. The maximum absolute atomic E-state index is 12.7. The summed E-state index contributed by atoms with van der Waals surface area (Å²) >= 11 is 0. The molecule has 0 aromatic rings. The van der Waals surface area contributed by atoms with E-state index in [0.29, 0.717) is 26.1 Å². The van der Waals surface area contributed by atoms with Crippen LogP contribution in [0.15, 0.2) is 12.2 Å². The second-order valence-electron chi connectivity index (χ2n) is 16.4. The van der Waals surface area contributed by atoms with Gasteiger partial charge in [-0.15, -0.1) is 0 Å². The number of allylic oxidation sites excluding steroid dienone is 2. The Kier molecular flexibility index (Phi) is 44.9. The highest BCUT2D eigenvalue weighted by molar-refractivity contribution is 5.70. The molecule has 0 spiro atoms. The molecular weight excluding hydrogens is 669 g/mol. The van der Waals surface area contributed by atoms with Crippen molar-refractivity contribution in [2.45, 2.75) is 271 Å². The maximum atomic E-state index is 12.7. The average molecular weight is 763 g/mol. The van der Waals surface area contributed by atoms with Crippen LogP contribution in [0, 0.1) is 0 Å². The summed E-state index contributed by atoms with van der Waals surface area (Å²) in [5.74, 6) is -0.392. The van der Waals surface area contributed by atoms with E-state index in [1.54, 1.807) is 0 Å². The van der Waals surface area contributed by atoms with Crippen LogP contribution in [0.5, 0.6) is 0 Å². The molecule has 0 aliphatic heterocycles. The lowest BCUT2D eigenvalue weighted by Crippen LogP contribution is -2.30. The minimum absolute atomic E-state index is 0.0906. The van der Waals surface area contributed by atoms with Gasteiger partial charge < -0.3 is 14.2 Å². The Morgan fingerprint density at radius 1 is 0.389 bits per heavy atom. The molecule has 1 atom stereocenters. The fraction of sp³-hybridized carbons (Fsp3) is 0.918. The van der Waals surface area contributed by atoms with Gasteiger partial charge in [-0.3, -0.25) is 9.59 Å². The molecule has 0 radical (unpaired) electrons. The number of ether oxygens (including phenoxy) is 3. The molecule has 0 aromatic carbocycles. The van der Waals surface area contributed by atoms with Crippen LogP contribution in [0.25, 0.3) is 0 Å². The Bertz CT molecular complexity index is 780. The fourth-order valence-electron chi connectivity index (χ4n) is 7.14. The highest BCUT2D eigenvalue weighted by Gasteiger charge is 2.17. The second-order valence-corrected chi connectivity index (χ2v) is 16.4. The lowest BCUT2D eigenvalue weighted by Gasteiger charge is -2.18. The van der Waals surface area contributed by atoms with Crippen molar-refractivity contribution in [2.24, 2.45) is 0 Å².